The fourth-order valence-electron chi connectivity index (χ4n) is 3.38. The standard InChI is InChI=1S/C26H50O2/c1-5-7-8-9-10-11-12-13-14-18-21-24-28-25(27)22-19-16-15-17-20-23-26(3,4)6-2/h18,21H,5-17,19-20,22-24H2,1-4H3/b21-18-. The van der Waals surface area contributed by atoms with Gasteiger partial charge in [0.25, 0.3) is 0 Å². The molecule has 0 saturated heterocycles. The van der Waals surface area contributed by atoms with E-state index >= 15 is 0 Å². The Morgan fingerprint density at radius 2 is 1.32 bits per heavy atom. The van der Waals surface area contributed by atoms with E-state index in [4.69, 9.17) is 4.74 Å². The zero-order valence-electron chi connectivity index (χ0n) is 19.7. The minimum absolute atomic E-state index is 0.0381. The van der Waals surface area contributed by atoms with E-state index in [1.807, 2.05) is 6.08 Å². The van der Waals surface area contributed by atoms with Gasteiger partial charge >= 0.3 is 5.97 Å². The summed E-state index contributed by atoms with van der Waals surface area (Å²) in [6.45, 7) is 9.69. The maximum Gasteiger partial charge on any atom is 0.306 e. The van der Waals surface area contributed by atoms with Gasteiger partial charge in [0.2, 0.25) is 0 Å². The van der Waals surface area contributed by atoms with Gasteiger partial charge in [-0.2, -0.15) is 0 Å². The van der Waals surface area contributed by atoms with Gasteiger partial charge in [-0.25, -0.2) is 0 Å². The summed E-state index contributed by atoms with van der Waals surface area (Å²) in [4.78, 5) is 11.7. The summed E-state index contributed by atoms with van der Waals surface area (Å²) in [6, 6.07) is 0. The molecule has 0 heterocycles. The van der Waals surface area contributed by atoms with Gasteiger partial charge in [-0.1, -0.05) is 117 Å². The monoisotopic (exact) mass is 394 g/mol. The molecule has 0 aliphatic heterocycles. The number of unbranched alkanes of at least 4 members (excludes halogenated alkanes) is 12. The van der Waals surface area contributed by atoms with Crippen molar-refractivity contribution in [1.29, 1.82) is 0 Å². The first-order valence-electron chi connectivity index (χ1n) is 12.3. The van der Waals surface area contributed by atoms with Crippen molar-refractivity contribution < 1.29 is 9.53 Å². The van der Waals surface area contributed by atoms with Crippen molar-refractivity contribution in [2.24, 2.45) is 5.41 Å². The highest BCUT2D eigenvalue weighted by molar-refractivity contribution is 5.69. The summed E-state index contributed by atoms with van der Waals surface area (Å²) in [5.41, 5.74) is 0.492. The SMILES string of the molecule is CCCCCCCCCC/C=C\COC(=O)CCCCCCCC(C)(C)CC. The van der Waals surface area contributed by atoms with Crippen LogP contribution in [0.5, 0.6) is 0 Å². The highest BCUT2D eigenvalue weighted by Crippen LogP contribution is 2.27. The van der Waals surface area contributed by atoms with Crippen LogP contribution in [-0.2, 0) is 9.53 Å². The van der Waals surface area contributed by atoms with Crippen LogP contribution >= 0.6 is 0 Å². The molecule has 166 valence electrons. The Labute approximate surface area is 176 Å². The summed E-state index contributed by atoms with van der Waals surface area (Å²) < 4.78 is 5.29. The molecule has 0 aliphatic rings. The Balaban J connectivity index is 3.33. The van der Waals surface area contributed by atoms with Gasteiger partial charge in [-0.3, -0.25) is 4.79 Å². The molecular formula is C26H50O2. The molecular weight excluding hydrogens is 344 g/mol. The van der Waals surface area contributed by atoms with Gasteiger partial charge in [0, 0.05) is 6.42 Å². The molecule has 0 amide bonds. The van der Waals surface area contributed by atoms with E-state index in [1.54, 1.807) is 0 Å². The molecule has 0 rings (SSSR count). The number of allylic oxidation sites excluding steroid dienone is 1. The predicted octanol–water partition coefficient (Wildman–Crippen LogP) is 8.78. The van der Waals surface area contributed by atoms with E-state index < -0.39 is 0 Å². The maximum atomic E-state index is 11.7. The van der Waals surface area contributed by atoms with Gasteiger partial charge < -0.3 is 4.74 Å². The summed E-state index contributed by atoms with van der Waals surface area (Å²) in [5, 5.41) is 0. The highest BCUT2D eigenvalue weighted by atomic mass is 16.5. The van der Waals surface area contributed by atoms with Crippen LogP contribution in [0.3, 0.4) is 0 Å². The molecule has 0 aromatic rings. The quantitative estimate of drug-likeness (QED) is 0.117. The van der Waals surface area contributed by atoms with Gasteiger partial charge in [0.1, 0.15) is 6.61 Å². The Morgan fingerprint density at radius 3 is 1.96 bits per heavy atom. The van der Waals surface area contributed by atoms with E-state index in [9.17, 15) is 4.79 Å². The fraction of sp³-hybridized carbons (Fsp3) is 0.885. The zero-order valence-corrected chi connectivity index (χ0v) is 19.7. The molecule has 28 heavy (non-hydrogen) atoms. The number of ether oxygens (including phenoxy) is 1. The smallest absolute Gasteiger partial charge is 0.306 e. The van der Waals surface area contributed by atoms with E-state index in [1.165, 1.54) is 83.5 Å². The summed E-state index contributed by atoms with van der Waals surface area (Å²) in [5.74, 6) is -0.0381. The highest BCUT2D eigenvalue weighted by Gasteiger charge is 2.13. The van der Waals surface area contributed by atoms with Crippen LogP contribution in [-0.4, -0.2) is 12.6 Å². The Bertz CT molecular complexity index is 371. The normalized spacial score (nSPS) is 12.0. The lowest BCUT2D eigenvalue weighted by Crippen LogP contribution is -2.08. The molecule has 0 radical (unpaired) electrons. The second kappa shape index (κ2) is 19.5. The number of carbonyl (C=O) groups is 1. The van der Waals surface area contributed by atoms with Crippen LogP contribution < -0.4 is 0 Å². The van der Waals surface area contributed by atoms with Crippen LogP contribution in [0, 0.1) is 5.41 Å². The third kappa shape index (κ3) is 20.0. The first kappa shape index (κ1) is 27.2. The topological polar surface area (TPSA) is 26.3 Å². The van der Waals surface area contributed by atoms with Crippen LogP contribution in [0.15, 0.2) is 12.2 Å². The second-order valence-corrected chi connectivity index (χ2v) is 9.20. The van der Waals surface area contributed by atoms with Crippen molar-refractivity contribution in [2.45, 2.75) is 137 Å². The van der Waals surface area contributed by atoms with Crippen LogP contribution in [0.25, 0.3) is 0 Å². The molecule has 0 fully saturated rings. The maximum absolute atomic E-state index is 11.7. The minimum Gasteiger partial charge on any atom is -0.461 e. The van der Waals surface area contributed by atoms with Gasteiger partial charge in [-0.15, -0.1) is 0 Å². The molecule has 2 heteroatoms. The third-order valence-electron chi connectivity index (χ3n) is 5.92. The zero-order chi connectivity index (χ0) is 20.9. The van der Waals surface area contributed by atoms with Crippen molar-refractivity contribution in [3.05, 3.63) is 12.2 Å². The van der Waals surface area contributed by atoms with E-state index in [2.05, 4.69) is 33.8 Å². The lowest BCUT2D eigenvalue weighted by molar-refractivity contribution is -0.142. The Morgan fingerprint density at radius 1 is 0.750 bits per heavy atom. The van der Waals surface area contributed by atoms with Gasteiger partial charge in [0.05, 0.1) is 0 Å². The number of rotatable bonds is 20. The molecule has 0 unspecified atom stereocenters. The van der Waals surface area contributed by atoms with Crippen LogP contribution in [0.2, 0.25) is 0 Å². The fourth-order valence-corrected chi connectivity index (χ4v) is 3.38. The summed E-state index contributed by atoms with van der Waals surface area (Å²) in [6.07, 6.45) is 25.3. The third-order valence-corrected chi connectivity index (χ3v) is 5.92. The van der Waals surface area contributed by atoms with Gasteiger partial charge in [-0.05, 0) is 31.1 Å². The van der Waals surface area contributed by atoms with E-state index in [0.29, 0.717) is 18.4 Å². The second-order valence-electron chi connectivity index (χ2n) is 9.20. The first-order valence-corrected chi connectivity index (χ1v) is 12.3. The molecule has 0 saturated carbocycles. The molecule has 2 nitrogen and oxygen atoms in total. The van der Waals surface area contributed by atoms with E-state index in [-0.39, 0.29) is 5.97 Å². The summed E-state index contributed by atoms with van der Waals surface area (Å²) >= 11 is 0. The predicted molar refractivity (Wildman–Crippen MR) is 124 cm³/mol. The van der Waals surface area contributed by atoms with Crippen molar-refractivity contribution in [3.63, 3.8) is 0 Å². The Hall–Kier alpha value is -0.790. The van der Waals surface area contributed by atoms with Crippen LogP contribution in [0.4, 0.5) is 0 Å². The molecule has 0 aromatic carbocycles. The average Bonchev–Trinajstić information content (AvgIpc) is 2.68. The molecule has 0 spiro atoms. The van der Waals surface area contributed by atoms with Crippen molar-refractivity contribution in [2.75, 3.05) is 6.61 Å². The van der Waals surface area contributed by atoms with E-state index in [0.717, 1.165) is 19.3 Å². The average molecular weight is 395 g/mol. The van der Waals surface area contributed by atoms with Crippen molar-refractivity contribution >= 4 is 5.97 Å². The number of hydrogen-bond donors (Lipinski definition) is 0. The van der Waals surface area contributed by atoms with Crippen molar-refractivity contribution in [3.8, 4) is 0 Å². The molecule has 0 atom stereocenters. The molecule has 0 aromatic heterocycles. The lowest BCUT2D eigenvalue weighted by atomic mass is 9.84. The number of hydrogen-bond acceptors (Lipinski definition) is 2. The van der Waals surface area contributed by atoms with Crippen LogP contribution in [0.1, 0.15) is 137 Å². The number of esters is 1. The van der Waals surface area contributed by atoms with Crippen molar-refractivity contribution in [1.82, 2.24) is 0 Å². The lowest BCUT2D eigenvalue weighted by Gasteiger charge is -2.22. The largest absolute Gasteiger partial charge is 0.461 e. The number of carbonyl (C=O) groups excluding carboxylic acids is 1. The molecule has 0 bridgehead atoms. The van der Waals surface area contributed by atoms with Gasteiger partial charge in [0.15, 0.2) is 0 Å². The molecule has 0 aliphatic carbocycles. The minimum atomic E-state index is -0.0381. The first-order chi connectivity index (χ1) is 13.5. The molecule has 0 N–H and O–H groups in total. The Kier molecular flexibility index (Phi) is 19.0. The summed E-state index contributed by atoms with van der Waals surface area (Å²) in [7, 11) is 0.